The molecule has 0 aliphatic carbocycles. The first kappa shape index (κ1) is 14.9. The quantitative estimate of drug-likeness (QED) is 0.667. The Bertz CT molecular complexity index is 975. The number of aromatic nitrogens is 1. The Morgan fingerprint density at radius 3 is 2.68 bits per heavy atom. The van der Waals surface area contributed by atoms with Crippen molar-refractivity contribution in [3.8, 4) is 0 Å². The fourth-order valence-corrected chi connectivity index (χ4v) is 4.55. The normalized spacial score (nSPS) is 11.7. The van der Waals surface area contributed by atoms with Gasteiger partial charge in [-0.3, -0.25) is 4.72 Å². The summed E-state index contributed by atoms with van der Waals surface area (Å²) in [4.78, 5) is 13.7. The average molecular weight is 357 g/mol. The van der Waals surface area contributed by atoms with Crippen LogP contribution in [0, 0.1) is 0 Å². The van der Waals surface area contributed by atoms with Gasteiger partial charge in [-0.2, -0.15) is 0 Å². The van der Waals surface area contributed by atoms with Crippen molar-refractivity contribution in [3.05, 3.63) is 46.4 Å². The third-order valence-corrected chi connectivity index (χ3v) is 6.03. The molecule has 3 N–H and O–H groups in total. The topological polar surface area (TPSA) is 99.3 Å². The molecule has 3 aromatic rings. The minimum absolute atomic E-state index is 0.0131. The number of H-pyrrole nitrogens is 1. The minimum atomic E-state index is -3.78. The standard InChI is InChI=1S/C13H9ClN2O4S2/c14-10-4-5-11(21-10)22(19,20)16-8-3-1-2-7-6-9(13(17)18)15-12(7)8/h1-6,15-16H,(H,17,18). The van der Waals surface area contributed by atoms with Gasteiger partial charge in [0, 0.05) is 5.39 Å². The second-order valence-corrected chi connectivity index (χ2v) is 8.05. The van der Waals surface area contributed by atoms with Crippen LogP contribution in [0.4, 0.5) is 5.69 Å². The molecule has 0 spiro atoms. The van der Waals surface area contributed by atoms with Crippen molar-refractivity contribution < 1.29 is 18.3 Å². The number of fused-ring (bicyclic) bond motifs is 1. The number of sulfonamides is 1. The molecule has 6 nitrogen and oxygen atoms in total. The van der Waals surface area contributed by atoms with Crippen LogP contribution in [0.2, 0.25) is 4.34 Å². The molecule has 1 aromatic carbocycles. The van der Waals surface area contributed by atoms with Gasteiger partial charge in [-0.05, 0) is 24.3 Å². The van der Waals surface area contributed by atoms with Crippen LogP contribution in [0.15, 0.2) is 40.6 Å². The van der Waals surface area contributed by atoms with E-state index in [0.29, 0.717) is 15.2 Å². The Morgan fingerprint density at radius 2 is 2.05 bits per heavy atom. The number of anilines is 1. The van der Waals surface area contributed by atoms with Crippen LogP contribution in [0.25, 0.3) is 10.9 Å². The molecule has 0 saturated carbocycles. The molecule has 0 bridgehead atoms. The van der Waals surface area contributed by atoms with E-state index >= 15 is 0 Å². The van der Waals surface area contributed by atoms with Crippen molar-refractivity contribution in [2.75, 3.05) is 4.72 Å². The Balaban J connectivity index is 2.05. The van der Waals surface area contributed by atoms with E-state index in [2.05, 4.69) is 9.71 Å². The van der Waals surface area contributed by atoms with Gasteiger partial charge in [0.15, 0.2) is 0 Å². The molecule has 0 aliphatic rings. The molecular weight excluding hydrogens is 348 g/mol. The van der Waals surface area contributed by atoms with Crippen molar-refractivity contribution in [3.63, 3.8) is 0 Å². The van der Waals surface area contributed by atoms with Gasteiger partial charge < -0.3 is 10.1 Å². The third kappa shape index (κ3) is 2.68. The maximum atomic E-state index is 12.3. The molecule has 0 unspecified atom stereocenters. The second kappa shape index (κ2) is 5.31. The number of hydrogen-bond donors (Lipinski definition) is 3. The zero-order chi connectivity index (χ0) is 15.9. The lowest BCUT2D eigenvalue weighted by atomic mass is 10.2. The fraction of sp³-hybridized carbons (Fsp3) is 0. The van der Waals surface area contributed by atoms with Crippen molar-refractivity contribution in [1.29, 1.82) is 0 Å². The zero-order valence-corrected chi connectivity index (χ0v) is 13.2. The number of carbonyl (C=O) groups is 1. The molecule has 114 valence electrons. The van der Waals surface area contributed by atoms with Gasteiger partial charge in [0.1, 0.15) is 9.90 Å². The van der Waals surface area contributed by atoms with Gasteiger partial charge in [0.05, 0.1) is 15.5 Å². The third-order valence-electron chi connectivity index (χ3n) is 2.94. The first-order chi connectivity index (χ1) is 10.4. The Hall–Kier alpha value is -2.03. The maximum Gasteiger partial charge on any atom is 0.352 e. The highest BCUT2D eigenvalue weighted by Crippen LogP contribution is 2.30. The molecule has 22 heavy (non-hydrogen) atoms. The molecular formula is C13H9ClN2O4S2. The smallest absolute Gasteiger partial charge is 0.352 e. The van der Waals surface area contributed by atoms with Crippen molar-refractivity contribution in [1.82, 2.24) is 4.98 Å². The van der Waals surface area contributed by atoms with Crippen LogP contribution in [0.1, 0.15) is 10.5 Å². The molecule has 3 rings (SSSR count). The molecule has 0 radical (unpaired) electrons. The van der Waals surface area contributed by atoms with E-state index in [0.717, 1.165) is 11.3 Å². The summed E-state index contributed by atoms with van der Waals surface area (Å²) < 4.78 is 27.5. The Labute approximate surface area is 134 Å². The number of para-hydroxylation sites is 1. The predicted molar refractivity (Wildman–Crippen MR) is 85.4 cm³/mol. The van der Waals surface area contributed by atoms with E-state index in [1.807, 2.05) is 0 Å². The average Bonchev–Trinajstić information content (AvgIpc) is 3.05. The van der Waals surface area contributed by atoms with Gasteiger partial charge in [0.2, 0.25) is 0 Å². The Morgan fingerprint density at radius 1 is 1.27 bits per heavy atom. The van der Waals surface area contributed by atoms with E-state index in [1.54, 1.807) is 18.2 Å². The zero-order valence-electron chi connectivity index (χ0n) is 10.8. The molecule has 0 aliphatic heterocycles. The number of rotatable bonds is 4. The fourth-order valence-electron chi connectivity index (χ4n) is 1.99. The van der Waals surface area contributed by atoms with E-state index in [4.69, 9.17) is 16.7 Å². The first-order valence-electron chi connectivity index (χ1n) is 6.00. The Kier molecular flexibility index (Phi) is 3.59. The van der Waals surface area contributed by atoms with Gasteiger partial charge in [-0.1, -0.05) is 23.7 Å². The minimum Gasteiger partial charge on any atom is -0.477 e. The molecule has 0 saturated heterocycles. The van der Waals surface area contributed by atoms with Crippen LogP contribution < -0.4 is 4.72 Å². The molecule has 0 atom stereocenters. The van der Waals surface area contributed by atoms with E-state index in [-0.39, 0.29) is 15.6 Å². The summed E-state index contributed by atoms with van der Waals surface area (Å²) in [6.45, 7) is 0. The highest BCUT2D eigenvalue weighted by molar-refractivity contribution is 7.94. The van der Waals surface area contributed by atoms with E-state index in [9.17, 15) is 13.2 Å². The van der Waals surface area contributed by atoms with Crippen LogP contribution >= 0.6 is 22.9 Å². The summed E-state index contributed by atoms with van der Waals surface area (Å²) >= 11 is 6.70. The van der Waals surface area contributed by atoms with Crippen molar-refractivity contribution >= 4 is 55.5 Å². The summed E-state index contributed by atoms with van der Waals surface area (Å²) in [5.41, 5.74) is 0.668. The number of carboxylic acids is 1. The van der Waals surface area contributed by atoms with E-state index in [1.165, 1.54) is 18.2 Å². The molecule has 2 heterocycles. The predicted octanol–water partition coefficient (Wildman–Crippen LogP) is 3.38. The maximum absolute atomic E-state index is 12.3. The lowest BCUT2D eigenvalue weighted by Crippen LogP contribution is -2.11. The number of carboxylic acid groups (broad SMARTS) is 1. The SMILES string of the molecule is O=C(O)c1cc2cccc(NS(=O)(=O)c3ccc(Cl)s3)c2[nH]1. The number of hydrogen-bond acceptors (Lipinski definition) is 4. The highest BCUT2D eigenvalue weighted by Gasteiger charge is 2.19. The number of nitrogens with one attached hydrogen (secondary N) is 2. The molecule has 9 heteroatoms. The van der Waals surface area contributed by atoms with Gasteiger partial charge >= 0.3 is 5.97 Å². The summed E-state index contributed by atoms with van der Waals surface area (Å²) in [6, 6.07) is 9.24. The number of thiophene rings is 1. The molecule has 0 fully saturated rings. The first-order valence-corrected chi connectivity index (χ1v) is 8.68. The summed E-state index contributed by atoms with van der Waals surface area (Å²) in [7, 11) is -3.78. The summed E-state index contributed by atoms with van der Waals surface area (Å²) in [6.07, 6.45) is 0. The largest absolute Gasteiger partial charge is 0.477 e. The number of aromatic amines is 1. The highest BCUT2D eigenvalue weighted by atomic mass is 35.5. The summed E-state index contributed by atoms with van der Waals surface area (Å²) in [5.74, 6) is -1.12. The van der Waals surface area contributed by atoms with Crippen LogP contribution in [0.5, 0.6) is 0 Å². The lowest BCUT2D eigenvalue weighted by Gasteiger charge is -2.07. The molecule has 0 amide bonds. The monoisotopic (exact) mass is 356 g/mol. The van der Waals surface area contributed by atoms with Crippen LogP contribution in [0.3, 0.4) is 0 Å². The van der Waals surface area contributed by atoms with Gasteiger partial charge in [-0.25, -0.2) is 13.2 Å². The number of aromatic carboxylic acids is 1. The van der Waals surface area contributed by atoms with Crippen LogP contribution in [-0.2, 0) is 10.0 Å². The second-order valence-electron chi connectivity index (χ2n) is 4.42. The molecule has 2 aromatic heterocycles. The lowest BCUT2D eigenvalue weighted by molar-refractivity contribution is 0.0691. The van der Waals surface area contributed by atoms with Gasteiger partial charge in [0.25, 0.3) is 10.0 Å². The number of benzene rings is 1. The van der Waals surface area contributed by atoms with Crippen molar-refractivity contribution in [2.24, 2.45) is 0 Å². The summed E-state index contributed by atoms with van der Waals surface area (Å²) in [5, 5.41) is 9.61. The van der Waals surface area contributed by atoms with Crippen LogP contribution in [-0.4, -0.2) is 24.5 Å². The van der Waals surface area contributed by atoms with E-state index < -0.39 is 16.0 Å². The number of halogens is 1. The van der Waals surface area contributed by atoms with Gasteiger partial charge in [-0.15, -0.1) is 11.3 Å². The van der Waals surface area contributed by atoms with Crippen molar-refractivity contribution in [2.45, 2.75) is 4.21 Å².